The molecule has 5 heteroatoms. The molecule has 2 rings (SSSR count). The molecule has 2 aromatic rings. The summed E-state index contributed by atoms with van der Waals surface area (Å²) >= 11 is 1.98. The lowest BCUT2D eigenvalue weighted by Crippen LogP contribution is -2.10. The molecule has 1 N–H and O–H groups in total. The molecule has 21 heavy (non-hydrogen) atoms. The van der Waals surface area contributed by atoms with Gasteiger partial charge in [-0.2, -0.15) is 0 Å². The van der Waals surface area contributed by atoms with Crippen molar-refractivity contribution in [1.82, 2.24) is 0 Å². The van der Waals surface area contributed by atoms with Crippen molar-refractivity contribution in [3.63, 3.8) is 0 Å². The third kappa shape index (κ3) is 3.93. The third-order valence-electron chi connectivity index (χ3n) is 3.18. The maximum Gasteiger partial charge on any atom is 0.282 e. The maximum atomic E-state index is 10.8. The second-order valence-electron chi connectivity index (χ2n) is 5.88. The van der Waals surface area contributed by atoms with Crippen molar-refractivity contribution >= 4 is 39.7 Å². The largest absolute Gasteiger partial charge is 0.355 e. The Morgan fingerprint density at radius 3 is 2.10 bits per heavy atom. The van der Waals surface area contributed by atoms with E-state index in [1.54, 1.807) is 12.1 Å². The van der Waals surface area contributed by atoms with E-state index < -0.39 is 0 Å². The van der Waals surface area contributed by atoms with E-state index in [-0.39, 0.29) is 16.0 Å². The molecule has 2 aromatic carbocycles. The van der Waals surface area contributed by atoms with Crippen LogP contribution in [0.5, 0.6) is 0 Å². The van der Waals surface area contributed by atoms with Gasteiger partial charge in [0, 0.05) is 17.4 Å². The van der Waals surface area contributed by atoms with Crippen LogP contribution in [0, 0.1) is 13.7 Å². The molecule has 0 saturated heterocycles. The second-order valence-corrected chi connectivity index (χ2v) is 7.04. The van der Waals surface area contributed by atoms with Gasteiger partial charge in [0.15, 0.2) is 0 Å². The van der Waals surface area contributed by atoms with Gasteiger partial charge in [-0.05, 0) is 57.8 Å². The Kier molecular flexibility index (Phi) is 4.51. The predicted molar refractivity (Wildman–Crippen MR) is 94.2 cm³/mol. The number of halogens is 1. The molecular weight excluding hydrogens is 379 g/mol. The average Bonchev–Trinajstić information content (AvgIpc) is 2.38. The zero-order chi connectivity index (χ0) is 15.6. The molecule has 0 aliphatic carbocycles. The van der Waals surface area contributed by atoms with Crippen LogP contribution < -0.4 is 5.32 Å². The molecule has 4 nitrogen and oxygen atoms in total. The summed E-state index contributed by atoms with van der Waals surface area (Å²) in [7, 11) is 0. The number of nitrogens with one attached hydrogen (secondary N) is 1. The Morgan fingerprint density at radius 2 is 1.62 bits per heavy atom. The molecule has 0 aromatic heterocycles. The van der Waals surface area contributed by atoms with Crippen molar-refractivity contribution in [2.45, 2.75) is 26.2 Å². The highest BCUT2D eigenvalue weighted by Gasteiger charge is 2.13. The summed E-state index contributed by atoms with van der Waals surface area (Å²) in [6, 6.07) is 13.3. The summed E-state index contributed by atoms with van der Waals surface area (Å²) in [6.07, 6.45) is 0. The van der Waals surface area contributed by atoms with Gasteiger partial charge >= 0.3 is 0 Å². The highest BCUT2D eigenvalue weighted by atomic mass is 127. The van der Waals surface area contributed by atoms with Crippen LogP contribution in [0.4, 0.5) is 17.1 Å². The van der Waals surface area contributed by atoms with Crippen LogP contribution in [0.3, 0.4) is 0 Å². The van der Waals surface area contributed by atoms with Gasteiger partial charge in [0.25, 0.3) is 5.69 Å². The van der Waals surface area contributed by atoms with Crippen LogP contribution in [-0.4, -0.2) is 4.92 Å². The summed E-state index contributed by atoms with van der Waals surface area (Å²) in [5.41, 5.74) is 3.33. The van der Waals surface area contributed by atoms with Crippen molar-refractivity contribution in [2.24, 2.45) is 0 Å². The van der Waals surface area contributed by atoms with Gasteiger partial charge in [0.2, 0.25) is 0 Å². The molecule has 0 amide bonds. The quantitative estimate of drug-likeness (QED) is 0.439. The Balaban J connectivity index is 2.19. The second kappa shape index (κ2) is 6.01. The van der Waals surface area contributed by atoms with E-state index >= 15 is 0 Å². The molecule has 0 bridgehead atoms. The van der Waals surface area contributed by atoms with Crippen LogP contribution in [0.1, 0.15) is 26.3 Å². The lowest BCUT2D eigenvalue weighted by atomic mass is 9.87. The fourth-order valence-electron chi connectivity index (χ4n) is 1.95. The summed E-state index contributed by atoms with van der Waals surface area (Å²) < 4.78 is 0.619. The number of hydrogen-bond donors (Lipinski definition) is 1. The molecule has 0 radical (unpaired) electrons. The minimum absolute atomic E-state index is 0.126. The molecule has 110 valence electrons. The van der Waals surface area contributed by atoms with Crippen LogP contribution in [-0.2, 0) is 5.41 Å². The van der Waals surface area contributed by atoms with E-state index in [4.69, 9.17) is 0 Å². The van der Waals surface area contributed by atoms with Crippen molar-refractivity contribution in [3.05, 3.63) is 61.7 Å². The number of benzene rings is 2. The summed E-state index contributed by atoms with van der Waals surface area (Å²) in [5, 5.41) is 14.1. The van der Waals surface area contributed by atoms with E-state index in [0.29, 0.717) is 3.57 Å². The van der Waals surface area contributed by atoms with E-state index in [1.807, 2.05) is 34.7 Å². The number of nitrogens with zero attached hydrogens (tertiary/aromatic N) is 1. The first-order valence-corrected chi connectivity index (χ1v) is 7.67. The predicted octanol–water partition coefficient (Wildman–Crippen LogP) is 5.24. The van der Waals surface area contributed by atoms with Gasteiger partial charge in [-0.25, -0.2) is 0 Å². The van der Waals surface area contributed by atoms with Crippen molar-refractivity contribution in [1.29, 1.82) is 0 Å². The van der Waals surface area contributed by atoms with Crippen molar-refractivity contribution in [2.75, 3.05) is 5.32 Å². The minimum atomic E-state index is -0.371. The zero-order valence-corrected chi connectivity index (χ0v) is 14.3. The van der Waals surface area contributed by atoms with E-state index in [1.165, 1.54) is 11.6 Å². The van der Waals surface area contributed by atoms with Gasteiger partial charge in [0.1, 0.15) is 0 Å². The standard InChI is InChI=1S/C16H17IN2O2/c1-16(2,3)11-4-6-12(7-5-11)18-13-8-9-15(19(20)21)14(17)10-13/h4-10,18H,1-3H3. The highest BCUT2D eigenvalue weighted by molar-refractivity contribution is 14.1. The summed E-state index contributed by atoms with van der Waals surface area (Å²) in [5.74, 6) is 0. The van der Waals surface area contributed by atoms with Crippen molar-refractivity contribution in [3.8, 4) is 0 Å². The molecule has 0 saturated carbocycles. The van der Waals surface area contributed by atoms with E-state index in [9.17, 15) is 10.1 Å². The Hall–Kier alpha value is -1.63. The lowest BCUT2D eigenvalue weighted by Gasteiger charge is -2.19. The molecular formula is C16H17IN2O2. The fourth-order valence-corrected chi connectivity index (χ4v) is 2.67. The third-order valence-corrected chi connectivity index (χ3v) is 4.05. The van der Waals surface area contributed by atoms with Gasteiger partial charge < -0.3 is 5.32 Å². The van der Waals surface area contributed by atoms with Gasteiger partial charge in [-0.15, -0.1) is 0 Å². The molecule has 0 fully saturated rings. The van der Waals surface area contributed by atoms with Crippen molar-refractivity contribution < 1.29 is 4.92 Å². The number of nitro groups is 1. The first-order chi connectivity index (χ1) is 9.77. The fraction of sp³-hybridized carbons (Fsp3) is 0.250. The average molecular weight is 396 g/mol. The topological polar surface area (TPSA) is 55.2 Å². The Labute approximate surface area is 137 Å². The monoisotopic (exact) mass is 396 g/mol. The Bertz CT molecular complexity index is 661. The van der Waals surface area contributed by atoms with E-state index in [0.717, 1.165) is 11.4 Å². The smallest absolute Gasteiger partial charge is 0.282 e. The normalized spacial score (nSPS) is 11.2. The van der Waals surface area contributed by atoms with Crippen LogP contribution in [0.2, 0.25) is 0 Å². The van der Waals surface area contributed by atoms with Gasteiger partial charge in [-0.3, -0.25) is 10.1 Å². The zero-order valence-electron chi connectivity index (χ0n) is 12.2. The maximum absolute atomic E-state index is 10.8. The minimum Gasteiger partial charge on any atom is -0.355 e. The Morgan fingerprint density at radius 1 is 1.05 bits per heavy atom. The van der Waals surface area contributed by atoms with E-state index in [2.05, 4.69) is 38.2 Å². The SMILES string of the molecule is CC(C)(C)c1ccc(Nc2ccc([N+](=O)[O-])c(I)c2)cc1. The first kappa shape index (κ1) is 15.8. The molecule has 0 unspecified atom stereocenters. The van der Waals surface area contributed by atoms with Crippen LogP contribution >= 0.6 is 22.6 Å². The molecule has 0 spiro atoms. The lowest BCUT2D eigenvalue weighted by molar-refractivity contribution is -0.385. The number of nitro benzene ring substituents is 1. The molecule has 0 atom stereocenters. The van der Waals surface area contributed by atoms with Crippen LogP contribution in [0.25, 0.3) is 0 Å². The molecule has 0 aliphatic heterocycles. The van der Waals surface area contributed by atoms with Crippen LogP contribution in [0.15, 0.2) is 42.5 Å². The first-order valence-electron chi connectivity index (χ1n) is 6.59. The molecule has 0 aliphatic rings. The number of hydrogen-bond acceptors (Lipinski definition) is 3. The number of rotatable bonds is 3. The highest BCUT2D eigenvalue weighted by Crippen LogP contribution is 2.28. The summed E-state index contributed by atoms with van der Waals surface area (Å²) in [4.78, 5) is 10.4. The van der Waals surface area contributed by atoms with Gasteiger partial charge in [0.05, 0.1) is 8.49 Å². The van der Waals surface area contributed by atoms with Gasteiger partial charge in [-0.1, -0.05) is 32.9 Å². The summed E-state index contributed by atoms with van der Waals surface area (Å²) in [6.45, 7) is 6.52. The molecule has 0 heterocycles. The number of anilines is 2.